The van der Waals surface area contributed by atoms with Crippen LogP contribution in [0.2, 0.25) is 0 Å². The molecule has 6 heterocycles. The summed E-state index contributed by atoms with van der Waals surface area (Å²) in [5, 5.41) is 4.67. The second-order valence-corrected chi connectivity index (χ2v) is 12.4. The minimum Gasteiger partial charge on any atom is -0.309 e. The van der Waals surface area contributed by atoms with Crippen LogP contribution in [0.4, 0.5) is 0 Å². The van der Waals surface area contributed by atoms with Crippen LogP contribution < -0.4 is 0 Å². The molecule has 6 aromatic heterocycles. The van der Waals surface area contributed by atoms with Gasteiger partial charge in [-0.3, -0.25) is 14.5 Å². The van der Waals surface area contributed by atoms with Crippen LogP contribution in [0.15, 0.2) is 170 Å². The van der Waals surface area contributed by atoms with Gasteiger partial charge in [-0.1, -0.05) is 66.7 Å². The summed E-state index contributed by atoms with van der Waals surface area (Å²) in [4.78, 5) is 19.2. The topological polar surface area (TPSA) is 61.4 Å². The Hall–Kier alpha value is -6.92. The third kappa shape index (κ3) is 4.50. The molecule has 0 saturated heterocycles. The predicted octanol–water partition coefficient (Wildman–Crippen LogP) is 10.5. The molecular formula is C44H28N6. The van der Waals surface area contributed by atoms with Gasteiger partial charge in [-0.05, 0) is 96.1 Å². The van der Waals surface area contributed by atoms with Crippen LogP contribution in [0, 0.1) is 0 Å². The zero-order valence-corrected chi connectivity index (χ0v) is 26.8. The van der Waals surface area contributed by atoms with E-state index in [4.69, 9.17) is 9.97 Å². The van der Waals surface area contributed by atoms with E-state index in [1.807, 2.05) is 48.7 Å². The lowest BCUT2D eigenvalue weighted by atomic mass is 10.0. The molecule has 0 bridgehead atoms. The van der Waals surface area contributed by atoms with E-state index in [1.165, 1.54) is 21.8 Å². The maximum absolute atomic E-state index is 5.03. The Morgan fingerprint density at radius 3 is 1.72 bits per heavy atom. The lowest BCUT2D eigenvalue weighted by Crippen LogP contribution is -2.00. The first-order chi connectivity index (χ1) is 24.8. The van der Waals surface area contributed by atoms with Crippen LogP contribution >= 0.6 is 0 Å². The molecule has 0 aliphatic rings. The molecule has 0 spiro atoms. The molecule has 0 radical (unpaired) electrons. The van der Waals surface area contributed by atoms with E-state index in [1.54, 1.807) is 12.4 Å². The molecule has 0 unspecified atom stereocenters. The molecule has 4 aromatic carbocycles. The van der Waals surface area contributed by atoms with Gasteiger partial charge in [0.05, 0.1) is 45.0 Å². The maximum atomic E-state index is 5.03. The number of para-hydroxylation sites is 2. The van der Waals surface area contributed by atoms with Gasteiger partial charge in [0.2, 0.25) is 0 Å². The van der Waals surface area contributed by atoms with Crippen molar-refractivity contribution in [1.82, 2.24) is 29.1 Å². The van der Waals surface area contributed by atoms with Crippen molar-refractivity contribution in [3.63, 3.8) is 0 Å². The fourth-order valence-electron chi connectivity index (χ4n) is 7.23. The molecule has 234 valence electrons. The van der Waals surface area contributed by atoms with E-state index in [2.05, 4.69) is 128 Å². The van der Waals surface area contributed by atoms with Gasteiger partial charge in [-0.15, -0.1) is 0 Å². The average Bonchev–Trinajstić information content (AvgIpc) is 3.71. The third-order valence-electron chi connectivity index (χ3n) is 9.47. The third-order valence-corrected chi connectivity index (χ3v) is 9.47. The van der Waals surface area contributed by atoms with Gasteiger partial charge in [0.1, 0.15) is 5.65 Å². The van der Waals surface area contributed by atoms with E-state index < -0.39 is 0 Å². The molecule has 0 aliphatic heterocycles. The number of benzene rings is 4. The lowest BCUT2D eigenvalue weighted by molar-refractivity contribution is 1.11. The number of hydrogen-bond donors (Lipinski definition) is 0. The summed E-state index contributed by atoms with van der Waals surface area (Å²) in [6.07, 6.45) is 5.45. The van der Waals surface area contributed by atoms with Crippen molar-refractivity contribution in [3.8, 4) is 45.3 Å². The van der Waals surface area contributed by atoms with E-state index in [-0.39, 0.29) is 0 Å². The van der Waals surface area contributed by atoms with E-state index in [9.17, 15) is 0 Å². The van der Waals surface area contributed by atoms with Crippen molar-refractivity contribution in [3.05, 3.63) is 170 Å². The number of rotatable bonds is 5. The second-order valence-electron chi connectivity index (χ2n) is 12.4. The maximum Gasteiger partial charge on any atom is 0.145 e. The zero-order chi connectivity index (χ0) is 33.0. The molecule has 50 heavy (non-hydrogen) atoms. The Bertz CT molecular complexity index is 2800. The molecule has 6 heteroatoms. The average molecular weight is 641 g/mol. The monoisotopic (exact) mass is 640 g/mol. The van der Waals surface area contributed by atoms with Gasteiger partial charge in [-0.2, -0.15) is 0 Å². The molecule has 6 nitrogen and oxygen atoms in total. The van der Waals surface area contributed by atoms with Crippen LogP contribution in [0.25, 0.3) is 89.0 Å². The highest BCUT2D eigenvalue weighted by Crippen LogP contribution is 2.38. The second kappa shape index (κ2) is 11.4. The molecule has 10 rings (SSSR count). The first kappa shape index (κ1) is 28.1. The number of fused-ring (bicyclic) bond motifs is 6. The number of aromatic nitrogens is 6. The Morgan fingerprint density at radius 1 is 0.340 bits per heavy atom. The summed E-state index contributed by atoms with van der Waals surface area (Å²) in [5.41, 5.74) is 11.8. The van der Waals surface area contributed by atoms with Crippen molar-refractivity contribution in [2.24, 2.45) is 0 Å². The van der Waals surface area contributed by atoms with Crippen LogP contribution in [0.3, 0.4) is 0 Å². The summed E-state index contributed by atoms with van der Waals surface area (Å²) in [6.45, 7) is 0. The van der Waals surface area contributed by atoms with Crippen LogP contribution in [-0.4, -0.2) is 29.1 Å². The molecule has 0 saturated carbocycles. The number of pyridine rings is 4. The van der Waals surface area contributed by atoms with Crippen LogP contribution in [0.1, 0.15) is 0 Å². The molecule has 10 aromatic rings. The van der Waals surface area contributed by atoms with Gasteiger partial charge in [0, 0.05) is 45.8 Å². The van der Waals surface area contributed by atoms with Gasteiger partial charge >= 0.3 is 0 Å². The molecule has 0 aliphatic carbocycles. The Balaban J connectivity index is 1.20. The summed E-state index contributed by atoms with van der Waals surface area (Å²) < 4.78 is 4.59. The normalized spacial score (nSPS) is 11.6. The van der Waals surface area contributed by atoms with Crippen molar-refractivity contribution in [1.29, 1.82) is 0 Å². The minimum absolute atomic E-state index is 0.770. The fourth-order valence-corrected chi connectivity index (χ4v) is 7.23. The van der Waals surface area contributed by atoms with Gasteiger partial charge in [-0.25, -0.2) is 9.97 Å². The van der Waals surface area contributed by atoms with Crippen LogP contribution in [-0.2, 0) is 0 Å². The highest BCUT2D eigenvalue weighted by atomic mass is 15.1. The van der Waals surface area contributed by atoms with E-state index in [0.717, 1.165) is 67.2 Å². The molecule has 0 atom stereocenters. The quantitative estimate of drug-likeness (QED) is 0.188. The Labute approximate surface area is 287 Å². The first-order valence-electron chi connectivity index (χ1n) is 16.6. The van der Waals surface area contributed by atoms with E-state index in [0.29, 0.717) is 0 Å². The van der Waals surface area contributed by atoms with Gasteiger partial charge in [0.15, 0.2) is 0 Å². The highest BCUT2D eigenvalue weighted by Gasteiger charge is 2.18. The van der Waals surface area contributed by atoms with Crippen LogP contribution in [0.5, 0.6) is 0 Å². The summed E-state index contributed by atoms with van der Waals surface area (Å²) in [6, 6.07) is 52.9. The fraction of sp³-hybridized carbons (Fsp3) is 0. The summed E-state index contributed by atoms with van der Waals surface area (Å²) in [5.74, 6) is 0. The largest absolute Gasteiger partial charge is 0.309 e. The number of hydrogen-bond acceptors (Lipinski definition) is 4. The zero-order valence-electron chi connectivity index (χ0n) is 26.8. The first-order valence-corrected chi connectivity index (χ1v) is 16.6. The summed E-state index contributed by atoms with van der Waals surface area (Å²) >= 11 is 0. The number of nitrogens with zero attached hydrogens (tertiary/aromatic N) is 6. The minimum atomic E-state index is 0.770. The highest BCUT2D eigenvalue weighted by molar-refractivity contribution is 6.12. The lowest BCUT2D eigenvalue weighted by Gasteiger charge is -2.12. The smallest absolute Gasteiger partial charge is 0.145 e. The van der Waals surface area contributed by atoms with Crippen molar-refractivity contribution in [2.45, 2.75) is 0 Å². The van der Waals surface area contributed by atoms with Gasteiger partial charge < -0.3 is 4.57 Å². The van der Waals surface area contributed by atoms with E-state index >= 15 is 0 Å². The Morgan fingerprint density at radius 2 is 0.960 bits per heavy atom. The Kier molecular flexibility index (Phi) is 6.39. The van der Waals surface area contributed by atoms with Gasteiger partial charge in [0.25, 0.3) is 0 Å². The SMILES string of the molecule is c1ccc(-n2c3ccccc3c3cc(-c4ccc5c6cccnc6n(-c6cc(-c7ccccn7)nc(-c7ccccn7)c6)c5c4)ccc32)cc1. The molecule has 0 fully saturated rings. The van der Waals surface area contributed by atoms with Crippen molar-refractivity contribution >= 4 is 43.7 Å². The molecule has 0 amide bonds. The standard InChI is InChI=1S/C44H28N6/c1-2-11-31(12-3-1)49-41-17-5-4-13-33(41)36-25-29(19-21-42(36)49)30-18-20-34-35-14-10-24-47-44(35)50(43(34)26-30)32-27-39(37-15-6-8-22-45-37)48-40(28-32)38-16-7-9-23-46-38/h1-28H. The molecular weight excluding hydrogens is 613 g/mol. The molecule has 0 N–H and O–H groups in total. The van der Waals surface area contributed by atoms with Crippen molar-refractivity contribution < 1.29 is 0 Å². The summed E-state index contributed by atoms with van der Waals surface area (Å²) in [7, 11) is 0. The predicted molar refractivity (Wildman–Crippen MR) is 203 cm³/mol. The van der Waals surface area contributed by atoms with Crippen molar-refractivity contribution in [2.75, 3.05) is 0 Å².